The lowest BCUT2D eigenvalue weighted by Gasteiger charge is -2.34. The van der Waals surface area contributed by atoms with Crippen LogP contribution in [0.5, 0.6) is 0 Å². The second-order valence-corrected chi connectivity index (χ2v) is 9.13. The molecule has 0 aromatic carbocycles. The number of aromatic nitrogens is 2. The SMILES string of the molecule is CC(C)(C)C1CCc2nc3sc(C(=O)Nc4cccnc4)cc3cc2C1. The molecule has 1 N–H and O–H groups in total. The van der Waals surface area contributed by atoms with Crippen LogP contribution in [0, 0.1) is 11.3 Å². The van der Waals surface area contributed by atoms with Gasteiger partial charge in [-0.1, -0.05) is 20.8 Å². The molecule has 1 aliphatic rings. The molecule has 4 rings (SSSR count). The van der Waals surface area contributed by atoms with Gasteiger partial charge >= 0.3 is 0 Å². The van der Waals surface area contributed by atoms with Gasteiger partial charge in [0.25, 0.3) is 5.91 Å². The zero-order valence-corrected chi connectivity index (χ0v) is 16.2. The number of nitrogens with one attached hydrogen (secondary N) is 1. The molecular weight excluding hydrogens is 342 g/mol. The average molecular weight is 366 g/mol. The molecule has 134 valence electrons. The Hall–Kier alpha value is -2.27. The minimum Gasteiger partial charge on any atom is -0.320 e. The highest BCUT2D eigenvalue weighted by molar-refractivity contribution is 7.20. The number of amides is 1. The van der Waals surface area contributed by atoms with E-state index in [-0.39, 0.29) is 5.91 Å². The van der Waals surface area contributed by atoms with Gasteiger partial charge in [-0.25, -0.2) is 4.98 Å². The lowest BCUT2D eigenvalue weighted by molar-refractivity contribution is 0.103. The van der Waals surface area contributed by atoms with Gasteiger partial charge < -0.3 is 5.32 Å². The van der Waals surface area contributed by atoms with Crippen LogP contribution in [0.3, 0.4) is 0 Å². The highest BCUT2D eigenvalue weighted by Gasteiger charge is 2.29. The number of carbonyl (C=O) groups excluding carboxylic acids is 1. The van der Waals surface area contributed by atoms with Crippen LogP contribution in [-0.2, 0) is 12.8 Å². The summed E-state index contributed by atoms with van der Waals surface area (Å²) in [7, 11) is 0. The molecule has 1 aliphatic carbocycles. The number of pyridine rings is 2. The average Bonchev–Trinajstić information content (AvgIpc) is 3.02. The summed E-state index contributed by atoms with van der Waals surface area (Å²) in [5.41, 5.74) is 3.57. The van der Waals surface area contributed by atoms with Crippen LogP contribution in [0.1, 0.15) is 48.1 Å². The molecule has 0 radical (unpaired) electrons. The fraction of sp³-hybridized carbons (Fsp3) is 0.381. The Morgan fingerprint density at radius 3 is 2.88 bits per heavy atom. The maximum atomic E-state index is 12.5. The Labute approximate surface area is 157 Å². The van der Waals surface area contributed by atoms with E-state index in [1.807, 2.05) is 18.2 Å². The van der Waals surface area contributed by atoms with Gasteiger partial charge in [0.1, 0.15) is 4.83 Å². The molecule has 0 saturated heterocycles. The van der Waals surface area contributed by atoms with E-state index >= 15 is 0 Å². The summed E-state index contributed by atoms with van der Waals surface area (Å²) >= 11 is 1.46. The molecule has 0 fully saturated rings. The minimum atomic E-state index is -0.105. The Morgan fingerprint density at radius 2 is 2.15 bits per heavy atom. The largest absolute Gasteiger partial charge is 0.320 e. The Bertz CT molecular complexity index is 957. The molecule has 0 bridgehead atoms. The maximum Gasteiger partial charge on any atom is 0.265 e. The van der Waals surface area contributed by atoms with Crippen molar-refractivity contribution in [3.8, 4) is 0 Å². The first kappa shape index (κ1) is 17.2. The van der Waals surface area contributed by atoms with E-state index in [1.54, 1.807) is 12.4 Å². The van der Waals surface area contributed by atoms with Crippen molar-refractivity contribution >= 4 is 33.1 Å². The first-order chi connectivity index (χ1) is 12.4. The fourth-order valence-electron chi connectivity index (χ4n) is 3.60. The molecule has 3 heterocycles. The second-order valence-electron chi connectivity index (χ2n) is 8.10. The van der Waals surface area contributed by atoms with Gasteiger partial charge in [-0.3, -0.25) is 9.78 Å². The van der Waals surface area contributed by atoms with Crippen molar-refractivity contribution in [3.05, 3.63) is 52.8 Å². The van der Waals surface area contributed by atoms with E-state index in [0.717, 1.165) is 23.1 Å². The summed E-state index contributed by atoms with van der Waals surface area (Å²) in [6, 6.07) is 7.84. The predicted octanol–water partition coefficient (Wildman–Crippen LogP) is 5.09. The van der Waals surface area contributed by atoms with Crippen molar-refractivity contribution in [2.45, 2.75) is 40.0 Å². The van der Waals surface area contributed by atoms with Crippen LogP contribution in [0.15, 0.2) is 36.7 Å². The van der Waals surface area contributed by atoms with Crippen LogP contribution in [-0.4, -0.2) is 15.9 Å². The summed E-state index contributed by atoms with van der Waals surface area (Å²) in [6.07, 6.45) is 6.63. The topological polar surface area (TPSA) is 54.9 Å². The molecule has 26 heavy (non-hydrogen) atoms. The number of hydrogen-bond acceptors (Lipinski definition) is 4. The van der Waals surface area contributed by atoms with Gasteiger partial charge in [-0.2, -0.15) is 0 Å². The first-order valence-electron chi connectivity index (χ1n) is 9.04. The van der Waals surface area contributed by atoms with Crippen molar-refractivity contribution in [2.75, 3.05) is 5.32 Å². The Kier molecular flexibility index (Phi) is 4.27. The minimum absolute atomic E-state index is 0.105. The summed E-state index contributed by atoms with van der Waals surface area (Å²) in [5.74, 6) is 0.577. The second kappa shape index (κ2) is 6.47. The quantitative estimate of drug-likeness (QED) is 0.688. The number of carbonyl (C=O) groups is 1. The monoisotopic (exact) mass is 365 g/mol. The van der Waals surface area contributed by atoms with Gasteiger partial charge in [0, 0.05) is 17.3 Å². The summed E-state index contributed by atoms with van der Waals surface area (Å²) in [6.45, 7) is 6.96. The molecule has 0 saturated carbocycles. The standard InChI is InChI=1S/C21H23N3OS/c1-21(2,3)15-6-7-17-13(10-15)9-14-11-18(26-20(14)24-17)19(25)23-16-5-4-8-22-12-16/h4-5,8-9,11-12,15H,6-7,10H2,1-3H3,(H,23,25). The van der Waals surface area contributed by atoms with Gasteiger partial charge in [0.2, 0.25) is 0 Å². The lowest BCUT2D eigenvalue weighted by Crippen LogP contribution is -2.27. The van der Waals surface area contributed by atoms with E-state index in [2.05, 4.69) is 37.1 Å². The smallest absolute Gasteiger partial charge is 0.265 e. The van der Waals surface area contributed by atoms with E-state index in [0.29, 0.717) is 21.9 Å². The van der Waals surface area contributed by atoms with E-state index in [9.17, 15) is 4.79 Å². The molecule has 1 atom stereocenters. The summed E-state index contributed by atoms with van der Waals surface area (Å²) in [4.78, 5) is 23.1. The third-order valence-corrected chi connectivity index (χ3v) is 6.28. The lowest BCUT2D eigenvalue weighted by atomic mass is 9.71. The number of hydrogen-bond donors (Lipinski definition) is 1. The molecule has 4 nitrogen and oxygen atoms in total. The van der Waals surface area contributed by atoms with E-state index in [1.165, 1.54) is 29.0 Å². The Balaban J connectivity index is 1.61. The third kappa shape index (κ3) is 3.36. The Morgan fingerprint density at radius 1 is 1.31 bits per heavy atom. The maximum absolute atomic E-state index is 12.5. The zero-order chi connectivity index (χ0) is 18.3. The van der Waals surface area contributed by atoms with Gasteiger partial charge in [0.15, 0.2) is 0 Å². The molecule has 5 heteroatoms. The number of anilines is 1. The molecule has 0 aliphatic heterocycles. The summed E-state index contributed by atoms with van der Waals surface area (Å²) < 4.78 is 0. The van der Waals surface area contributed by atoms with Gasteiger partial charge in [-0.05, 0) is 60.4 Å². The first-order valence-corrected chi connectivity index (χ1v) is 9.85. The van der Waals surface area contributed by atoms with Gasteiger partial charge in [-0.15, -0.1) is 11.3 Å². The molecule has 1 unspecified atom stereocenters. The molecule has 1 amide bonds. The molecule has 3 aromatic rings. The highest BCUT2D eigenvalue weighted by Crippen LogP contribution is 2.38. The van der Waals surface area contributed by atoms with Crippen molar-refractivity contribution in [3.63, 3.8) is 0 Å². The van der Waals surface area contributed by atoms with Crippen molar-refractivity contribution in [2.24, 2.45) is 11.3 Å². The number of rotatable bonds is 2. The predicted molar refractivity (Wildman–Crippen MR) is 107 cm³/mol. The summed E-state index contributed by atoms with van der Waals surface area (Å²) in [5, 5.41) is 3.97. The normalized spacial score (nSPS) is 17.1. The number of fused-ring (bicyclic) bond motifs is 2. The molecule has 3 aromatic heterocycles. The van der Waals surface area contributed by atoms with E-state index in [4.69, 9.17) is 4.98 Å². The van der Waals surface area contributed by atoms with Crippen molar-refractivity contribution < 1.29 is 4.79 Å². The van der Waals surface area contributed by atoms with Crippen LogP contribution < -0.4 is 5.32 Å². The number of aryl methyl sites for hydroxylation is 1. The number of nitrogens with zero attached hydrogens (tertiary/aromatic N) is 2. The number of thiophene rings is 1. The van der Waals surface area contributed by atoms with Crippen LogP contribution >= 0.6 is 11.3 Å². The fourth-order valence-corrected chi connectivity index (χ4v) is 4.53. The van der Waals surface area contributed by atoms with E-state index < -0.39 is 0 Å². The highest BCUT2D eigenvalue weighted by atomic mass is 32.1. The van der Waals surface area contributed by atoms with Crippen LogP contribution in [0.4, 0.5) is 5.69 Å². The van der Waals surface area contributed by atoms with Crippen LogP contribution in [0.25, 0.3) is 10.2 Å². The molecular formula is C21H23N3OS. The van der Waals surface area contributed by atoms with Crippen molar-refractivity contribution in [1.29, 1.82) is 0 Å². The van der Waals surface area contributed by atoms with Crippen LogP contribution in [0.2, 0.25) is 0 Å². The molecule has 0 spiro atoms. The van der Waals surface area contributed by atoms with Gasteiger partial charge in [0.05, 0.1) is 16.8 Å². The zero-order valence-electron chi connectivity index (χ0n) is 15.4. The van der Waals surface area contributed by atoms with Crippen molar-refractivity contribution in [1.82, 2.24) is 9.97 Å². The third-order valence-electron chi connectivity index (χ3n) is 5.24.